The zero-order valence-electron chi connectivity index (χ0n) is 10.6. The van der Waals surface area contributed by atoms with Gasteiger partial charge in [-0.05, 0) is 23.6 Å². The quantitative estimate of drug-likeness (QED) is 0.880. The predicted molar refractivity (Wildman–Crippen MR) is 77.2 cm³/mol. The number of rotatable bonds is 5. The fourth-order valence-corrected chi connectivity index (χ4v) is 2.39. The van der Waals surface area contributed by atoms with Gasteiger partial charge in [-0.15, -0.1) is 0 Å². The Morgan fingerprint density at radius 1 is 1.21 bits per heavy atom. The topological polar surface area (TPSA) is 59.1 Å². The molecule has 1 atom stereocenters. The average molecular weight is 277 g/mol. The number of halogens is 1. The first-order chi connectivity index (χ1) is 9.22. The van der Waals surface area contributed by atoms with Crippen LogP contribution < -0.4 is 5.73 Å². The lowest BCUT2D eigenvalue weighted by molar-refractivity contribution is 0.196. The van der Waals surface area contributed by atoms with E-state index in [1.807, 2.05) is 36.4 Å². The van der Waals surface area contributed by atoms with Crippen LogP contribution in [0.2, 0.25) is 5.02 Å². The molecular weight excluding hydrogens is 260 g/mol. The van der Waals surface area contributed by atoms with Gasteiger partial charge in [-0.2, -0.15) is 0 Å². The summed E-state index contributed by atoms with van der Waals surface area (Å²) in [6.07, 6.45) is 3.90. The van der Waals surface area contributed by atoms with E-state index in [2.05, 4.69) is 4.98 Å². The molecule has 1 aromatic carbocycles. The van der Waals surface area contributed by atoms with Crippen LogP contribution >= 0.6 is 11.6 Å². The molecule has 0 radical (unpaired) electrons. The molecule has 0 aliphatic carbocycles. The van der Waals surface area contributed by atoms with Crippen LogP contribution in [0.1, 0.15) is 11.1 Å². The number of nitrogens with zero attached hydrogens (tertiary/aromatic N) is 1. The van der Waals surface area contributed by atoms with Crippen LogP contribution in [0.15, 0.2) is 48.8 Å². The molecule has 0 amide bonds. The van der Waals surface area contributed by atoms with Crippen molar-refractivity contribution in [3.05, 3.63) is 64.9 Å². The number of aliphatic hydroxyl groups is 1. The summed E-state index contributed by atoms with van der Waals surface area (Å²) in [5.74, 6) is 0. The Hall–Kier alpha value is -1.42. The fourth-order valence-electron chi connectivity index (χ4n) is 2.21. The molecule has 1 aromatic heterocycles. The van der Waals surface area contributed by atoms with Gasteiger partial charge in [0.1, 0.15) is 0 Å². The van der Waals surface area contributed by atoms with Crippen LogP contribution in [0.4, 0.5) is 0 Å². The summed E-state index contributed by atoms with van der Waals surface area (Å²) in [5, 5.41) is 10.4. The molecule has 1 unspecified atom stereocenters. The summed E-state index contributed by atoms with van der Waals surface area (Å²) in [7, 11) is 0. The first kappa shape index (κ1) is 14.0. The van der Waals surface area contributed by atoms with Crippen molar-refractivity contribution >= 4 is 11.6 Å². The van der Waals surface area contributed by atoms with Gasteiger partial charge < -0.3 is 10.8 Å². The van der Waals surface area contributed by atoms with Crippen molar-refractivity contribution in [3.63, 3.8) is 0 Å². The maximum absolute atomic E-state index is 9.84. The fraction of sp³-hybridized carbons (Fsp3) is 0.267. The van der Waals surface area contributed by atoms with E-state index in [1.54, 1.807) is 12.4 Å². The van der Waals surface area contributed by atoms with E-state index >= 15 is 0 Å². The molecule has 3 nitrogen and oxygen atoms in total. The van der Waals surface area contributed by atoms with Gasteiger partial charge in [0.2, 0.25) is 0 Å². The van der Waals surface area contributed by atoms with Crippen LogP contribution in [-0.4, -0.2) is 23.2 Å². The minimum atomic E-state index is -0.508. The van der Waals surface area contributed by atoms with Crippen molar-refractivity contribution in [2.24, 2.45) is 5.73 Å². The molecule has 0 saturated carbocycles. The van der Waals surface area contributed by atoms with Gasteiger partial charge in [-0.1, -0.05) is 41.9 Å². The molecule has 0 bridgehead atoms. The lowest BCUT2D eigenvalue weighted by atomic mass is 9.76. The molecule has 0 fully saturated rings. The minimum absolute atomic E-state index is 0.0217. The molecule has 100 valence electrons. The molecule has 3 N–H and O–H groups in total. The van der Waals surface area contributed by atoms with Gasteiger partial charge in [0.05, 0.1) is 11.6 Å². The summed E-state index contributed by atoms with van der Waals surface area (Å²) in [5.41, 5.74) is 7.39. The Morgan fingerprint density at radius 3 is 2.53 bits per heavy atom. The van der Waals surface area contributed by atoms with E-state index in [0.29, 0.717) is 18.0 Å². The van der Waals surface area contributed by atoms with Crippen LogP contribution in [0.25, 0.3) is 0 Å². The molecule has 0 aliphatic rings. The van der Waals surface area contributed by atoms with Crippen molar-refractivity contribution in [1.29, 1.82) is 0 Å². The number of nitrogens with two attached hydrogens (primary N) is 1. The summed E-state index contributed by atoms with van der Waals surface area (Å²) in [4.78, 5) is 3.97. The first-order valence-corrected chi connectivity index (χ1v) is 6.54. The van der Waals surface area contributed by atoms with Gasteiger partial charge >= 0.3 is 0 Å². The third-order valence-electron chi connectivity index (χ3n) is 3.46. The molecule has 0 spiro atoms. The number of pyridine rings is 1. The second kappa shape index (κ2) is 6.15. The Morgan fingerprint density at radius 2 is 1.95 bits per heavy atom. The highest BCUT2D eigenvalue weighted by atomic mass is 35.5. The molecule has 4 heteroatoms. The standard InChI is InChI=1S/C15H17ClN2O/c16-14-9-18-7-6-12(14)8-15(10-17,11-19)13-4-2-1-3-5-13/h1-7,9,19H,8,10-11,17H2. The zero-order valence-corrected chi connectivity index (χ0v) is 11.3. The highest BCUT2D eigenvalue weighted by Gasteiger charge is 2.31. The van der Waals surface area contributed by atoms with Crippen molar-refractivity contribution in [1.82, 2.24) is 4.98 Å². The van der Waals surface area contributed by atoms with Gasteiger partial charge in [0, 0.05) is 24.4 Å². The summed E-state index contributed by atoms with van der Waals surface area (Å²) in [6, 6.07) is 11.7. The van der Waals surface area contributed by atoms with Crippen LogP contribution in [0, 0.1) is 0 Å². The number of benzene rings is 1. The number of aromatic nitrogens is 1. The first-order valence-electron chi connectivity index (χ1n) is 6.17. The van der Waals surface area contributed by atoms with Gasteiger partial charge in [-0.3, -0.25) is 4.98 Å². The smallest absolute Gasteiger partial charge is 0.0621 e. The van der Waals surface area contributed by atoms with E-state index in [1.165, 1.54) is 0 Å². The highest BCUT2D eigenvalue weighted by molar-refractivity contribution is 6.31. The van der Waals surface area contributed by atoms with Crippen LogP contribution in [0.5, 0.6) is 0 Å². The van der Waals surface area contributed by atoms with E-state index in [9.17, 15) is 5.11 Å². The third kappa shape index (κ3) is 2.95. The van der Waals surface area contributed by atoms with Gasteiger partial charge in [-0.25, -0.2) is 0 Å². The molecule has 0 aliphatic heterocycles. The molecular formula is C15H17ClN2O. The summed E-state index contributed by atoms with van der Waals surface area (Å²) in [6.45, 7) is 0.332. The molecule has 2 rings (SSSR count). The van der Waals surface area contributed by atoms with Crippen LogP contribution in [0.3, 0.4) is 0 Å². The SMILES string of the molecule is NCC(CO)(Cc1ccncc1Cl)c1ccccc1. The predicted octanol–water partition coefficient (Wildman–Crippen LogP) is 2.17. The molecule has 19 heavy (non-hydrogen) atoms. The zero-order chi connectivity index (χ0) is 13.7. The van der Waals surface area contributed by atoms with Crippen LogP contribution in [-0.2, 0) is 11.8 Å². The van der Waals surface area contributed by atoms with Crippen molar-refractivity contribution < 1.29 is 5.11 Å². The molecule has 2 aromatic rings. The van der Waals surface area contributed by atoms with Gasteiger partial charge in [0.25, 0.3) is 0 Å². The van der Waals surface area contributed by atoms with E-state index in [4.69, 9.17) is 17.3 Å². The lowest BCUT2D eigenvalue weighted by Crippen LogP contribution is -2.41. The number of aliphatic hydroxyl groups excluding tert-OH is 1. The largest absolute Gasteiger partial charge is 0.395 e. The Labute approximate surface area is 118 Å². The van der Waals surface area contributed by atoms with Crippen molar-refractivity contribution in [3.8, 4) is 0 Å². The Bertz CT molecular complexity index is 527. The molecule has 0 saturated heterocycles. The van der Waals surface area contributed by atoms with Crippen molar-refractivity contribution in [2.45, 2.75) is 11.8 Å². The van der Waals surface area contributed by atoms with E-state index in [0.717, 1.165) is 11.1 Å². The second-order valence-electron chi connectivity index (χ2n) is 4.65. The normalized spacial score (nSPS) is 14.1. The average Bonchev–Trinajstić information content (AvgIpc) is 2.48. The maximum atomic E-state index is 9.84. The summed E-state index contributed by atoms with van der Waals surface area (Å²) >= 11 is 6.15. The van der Waals surface area contributed by atoms with E-state index < -0.39 is 5.41 Å². The number of hydrogen-bond donors (Lipinski definition) is 2. The minimum Gasteiger partial charge on any atom is -0.395 e. The van der Waals surface area contributed by atoms with Gasteiger partial charge in [0.15, 0.2) is 0 Å². The highest BCUT2D eigenvalue weighted by Crippen LogP contribution is 2.29. The second-order valence-corrected chi connectivity index (χ2v) is 5.06. The van der Waals surface area contributed by atoms with Crippen molar-refractivity contribution in [2.75, 3.05) is 13.2 Å². The Balaban J connectivity index is 2.38. The maximum Gasteiger partial charge on any atom is 0.0621 e. The Kier molecular flexibility index (Phi) is 4.53. The summed E-state index contributed by atoms with van der Waals surface area (Å²) < 4.78 is 0. The third-order valence-corrected chi connectivity index (χ3v) is 3.81. The monoisotopic (exact) mass is 276 g/mol. The molecule has 1 heterocycles. The van der Waals surface area contributed by atoms with E-state index in [-0.39, 0.29) is 6.61 Å². The lowest BCUT2D eigenvalue weighted by Gasteiger charge is -2.31. The number of hydrogen-bond acceptors (Lipinski definition) is 3.